The lowest BCUT2D eigenvalue weighted by molar-refractivity contribution is 0.0925. The summed E-state index contributed by atoms with van der Waals surface area (Å²) in [6.07, 6.45) is 0. The lowest BCUT2D eigenvalue weighted by atomic mass is 10.1. The molecule has 3 heterocycles. The number of amides is 3. The van der Waals surface area contributed by atoms with Crippen LogP contribution in [0.5, 0.6) is 0 Å². The van der Waals surface area contributed by atoms with Crippen LogP contribution in [0.15, 0.2) is 36.4 Å². The first kappa shape index (κ1) is 20.1. The quantitative estimate of drug-likeness (QED) is 0.480. The van der Waals surface area contributed by atoms with Gasteiger partial charge in [-0.25, -0.2) is 9.42 Å². The number of imide groups is 1. The summed E-state index contributed by atoms with van der Waals surface area (Å²) < 4.78 is 1.68. The maximum atomic E-state index is 13.1. The Balaban J connectivity index is 1.45. The Hall–Kier alpha value is -3.85. The SMILES string of the molecule is Cc1ccc(C)c(N2C(=O)c3ccc(C(=O)Nc4nc5sc(C)c(C)n5n4)cc3C2=O)c1. The van der Waals surface area contributed by atoms with Gasteiger partial charge in [-0.3, -0.25) is 19.7 Å². The lowest BCUT2D eigenvalue weighted by Gasteiger charge is -2.17. The van der Waals surface area contributed by atoms with Gasteiger partial charge in [0, 0.05) is 10.4 Å². The number of benzene rings is 2. The molecule has 0 radical (unpaired) electrons. The maximum Gasteiger partial charge on any atom is 0.266 e. The number of hydrogen-bond acceptors (Lipinski definition) is 6. The fourth-order valence-corrected chi connectivity index (χ4v) is 4.63. The zero-order chi connectivity index (χ0) is 22.7. The number of hydrogen-bond donors (Lipinski definition) is 1. The van der Waals surface area contributed by atoms with Crippen LogP contribution in [0.4, 0.5) is 11.6 Å². The molecule has 8 nitrogen and oxygen atoms in total. The smallest absolute Gasteiger partial charge is 0.266 e. The lowest BCUT2D eigenvalue weighted by Crippen LogP contribution is -2.30. The van der Waals surface area contributed by atoms with Crippen LogP contribution < -0.4 is 10.2 Å². The molecule has 0 fully saturated rings. The molecule has 9 heteroatoms. The second kappa shape index (κ2) is 7.10. The zero-order valence-electron chi connectivity index (χ0n) is 17.9. The van der Waals surface area contributed by atoms with E-state index >= 15 is 0 Å². The van der Waals surface area contributed by atoms with Crippen molar-refractivity contribution in [2.24, 2.45) is 0 Å². The van der Waals surface area contributed by atoms with Crippen LogP contribution in [0.3, 0.4) is 0 Å². The van der Waals surface area contributed by atoms with Gasteiger partial charge in [-0.1, -0.05) is 23.5 Å². The Bertz CT molecular complexity index is 1470. The third-order valence-electron chi connectivity index (χ3n) is 5.63. The van der Waals surface area contributed by atoms with Gasteiger partial charge >= 0.3 is 0 Å². The van der Waals surface area contributed by atoms with Gasteiger partial charge in [-0.2, -0.15) is 4.98 Å². The molecule has 1 aliphatic heterocycles. The number of carbonyl (C=O) groups excluding carboxylic acids is 3. The van der Waals surface area contributed by atoms with Gasteiger partial charge in [0.1, 0.15) is 0 Å². The maximum absolute atomic E-state index is 13.1. The van der Waals surface area contributed by atoms with Crippen LogP contribution in [0, 0.1) is 27.7 Å². The highest BCUT2D eigenvalue weighted by Gasteiger charge is 2.37. The predicted octanol–water partition coefficient (Wildman–Crippen LogP) is 4.08. The zero-order valence-corrected chi connectivity index (χ0v) is 18.7. The van der Waals surface area contributed by atoms with E-state index in [1.54, 1.807) is 4.52 Å². The highest BCUT2D eigenvalue weighted by molar-refractivity contribution is 7.17. The van der Waals surface area contributed by atoms with Crippen molar-refractivity contribution in [3.8, 4) is 0 Å². The molecule has 1 aliphatic rings. The van der Waals surface area contributed by atoms with E-state index in [0.29, 0.717) is 10.6 Å². The van der Waals surface area contributed by atoms with Crippen LogP contribution in [0.1, 0.15) is 52.8 Å². The Kier molecular flexibility index (Phi) is 4.45. The second-order valence-electron chi connectivity index (χ2n) is 7.82. The number of aromatic nitrogens is 3. The third-order valence-corrected chi connectivity index (χ3v) is 6.68. The standard InChI is InChI=1S/C23H19N5O3S/c1-11-5-6-12(2)18(9-11)27-20(30)16-8-7-15(10-17(16)21(27)31)19(29)24-22-25-23-28(26-22)13(3)14(4)32-23/h5-10H,1-4H3,(H,24,26,29). The number of anilines is 2. The highest BCUT2D eigenvalue weighted by atomic mass is 32.1. The molecule has 1 N–H and O–H groups in total. The number of carbonyl (C=O) groups is 3. The van der Waals surface area contributed by atoms with Crippen LogP contribution in [-0.2, 0) is 0 Å². The molecule has 2 aromatic carbocycles. The minimum Gasteiger partial charge on any atom is -0.289 e. The molecule has 3 amide bonds. The average Bonchev–Trinajstić information content (AvgIpc) is 3.35. The van der Waals surface area contributed by atoms with Crippen molar-refractivity contribution in [3.05, 3.63) is 74.8 Å². The summed E-state index contributed by atoms with van der Waals surface area (Å²) in [6.45, 7) is 7.67. The Morgan fingerprint density at radius 2 is 1.72 bits per heavy atom. The largest absolute Gasteiger partial charge is 0.289 e. The first-order valence-corrected chi connectivity index (χ1v) is 10.8. The summed E-state index contributed by atoms with van der Waals surface area (Å²) in [5.74, 6) is -1.11. The van der Waals surface area contributed by atoms with Crippen LogP contribution in [-0.4, -0.2) is 32.3 Å². The van der Waals surface area contributed by atoms with E-state index in [0.717, 1.165) is 21.7 Å². The molecule has 0 aliphatic carbocycles. The summed E-state index contributed by atoms with van der Waals surface area (Å²) in [5, 5.41) is 6.99. The van der Waals surface area contributed by atoms with Gasteiger partial charge in [0.15, 0.2) is 0 Å². The number of nitrogens with zero attached hydrogens (tertiary/aromatic N) is 4. The van der Waals surface area contributed by atoms with Crippen LogP contribution >= 0.6 is 11.3 Å². The van der Waals surface area contributed by atoms with Crippen molar-refractivity contribution in [1.29, 1.82) is 0 Å². The predicted molar refractivity (Wildman–Crippen MR) is 122 cm³/mol. The molecule has 0 unspecified atom stereocenters. The highest BCUT2D eigenvalue weighted by Crippen LogP contribution is 2.32. The number of fused-ring (bicyclic) bond motifs is 2. The van der Waals surface area contributed by atoms with Gasteiger partial charge in [-0.15, -0.1) is 5.10 Å². The molecule has 32 heavy (non-hydrogen) atoms. The molecule has 0 bridgehead atoms. The molecule has 0 atom stereocenters. The average molecular weight is 446 g/mol. The minimum absolute atomic E-state index is 0.185. The number of aryl methyl sites for hydroxylation is 4. The molecular weight excluding hydrogens is 426 g/mol. The van der Waals surface area contributed by atoms with Gasteiger partial charge in [0.05, 0.1) is 22.5 Å². The summed E-state index contributed by atoms with van der Waals surface area (Å²) in [6, 6.07) is 10.1. The summed E-state index contributed by atoms with van der Waals surface area (Å²) in [7, 11) is 0. The van der Waals surface area contributed by atoms with E-state index in [1.165, 1.54) is 34.4 Å². The van der Waals surface area contributed by atoms with E-state index in [2.05, 4.69) is 15.4 Å². The van der Waals surface area contributed by atoms with Crippen molar-refractivity contribution < 1.29 is 14.4 Å². The topological polar surface area (TPSA) is 96.7 Å². The summed E-state index contributed by atoms with van der Waals surface area (Å²) in [5.41, 5.74) is 4.01. The second-order valence-corrected chi connectivity index (χ2v) is 9.01. The van der Waals surface area contributed by atoms with E-state index in [-0.39, 0.29) is 22.6 Å². The van der Waals surface area contributed by atoms with E-state index in [1.807, 2.05) is 45.9 Å². The van der Waals surface area contributed by atoms with Gasteiger partial charge in [0.25, 0.3) is 23.7 Å². The third kappa shape index (κ3) is 3.01. The van der Waals surface area contributed by atoms with Crippen molar-refractivity contribution in [2.75, 3.05) is 10.2 Å². The molecule has 4 aromatic rings. The monoisotopic (exact) mass is 445 g/mol. The van der Waals surface area contributed by atoms with Crippen molar-refractivity contribution >= 4 is 45.7 Å². The summed E-state index contributed by atoms with van der Waals surface area (Å²) >= 11 is 1.49. The first-order chi connectivity index (χ1) is 15.2. The van der Waals surface area contributed by atoms with Gasteiger partial charge in [-0.05, 0) is 63.1 Å². The number of rotatable bonds is 3. The normalized spacial score (nSPS) is 13.2. The first-order valence-electron chi connectivity index (χ1n) is 9.99. The van der Waals surface area contributed by atoms with E-state index < -0.39 is 17.7 Å². The molecule has 0 saturated carbocycles. The summed E-state index contributed by atoms with van der Waals surface area (Å²) in [4.78, 5) is 46.2. The van der Waals surface area contributed by atoms with Crippen molar-refractivity contribution in [1.82, 2.24) is 14.6 Å². The van der Waals surface area contributed by atoms with Gasteiger partial charge < -0.3 is 0 Å². The Labute approximate surface area is 187 Å². The van der Waals surface area contributed by atoms with Crippen molar-refractivity contribution in [2.45, 2.75) is 27.7 Å². The van der Waals surface area contributed by atoms with E-state index in [9.17, 15) is 14.4 Å². The molecule has 2 aromatic heterocycles. The van der Waals surface area contributed by atoms with E-state index in [4.69, 9.17) is 0 Å². The molecule has 0 spiro atoms. The Morgan fingerprint density at radius 1 is 0.969 bits per heavy atom. The Morgan fingerprint density at radius 3 is 2.47 bits per heavy atom. The number of thiazole rings is 1. The minimum atomic E-state index is -0.453. The fraction of sp³-hybridized carbons (Fsp3) is 0.174. The number of nitrogens with one attached hydrogen (secondary N) is 1. The molecule has 5 rings (SSSR count). The van der Waals surface area contributed by atoms with Crippen LogP contribution in [0.2, 0.25) is 0 Å². The van der Waals surface area contributed by atoms with Gasteiger partial charge in [0.2, 0.25) is 4.96 Å². The molecule has 160 valence electrons. The fourth-order valence-electron chi connectivity index (χ4n) is 3.73. The van der Waals surface area contributed by atoms with Crippen LogP contribution in [0.25, 0.3) is 4.96 Å². The molecular formula is C23H19N5O3S. The van der Waals surface area contributed by atoms with Crippen molar-refractivity contribution in [3.63, 3.8) is 0 Å². The molecule has 0 saturated heterocycles.